The number of thiocarbonyl (C=S) groups is 1. The summed E-state index contributed by atoms with van der Waals surface area (Å²) in [4.78, 5) is 15.4. The molecular weight excluding hydrogens is 322 g/mol. The van der Waals surface area contributed by atoms with Crippen molar-refractivity contribution in [1.29, 1.82) is 0 Å². The predicted molar refractivity (Wildman–Crippen MR) is 102 cm³/mol. The van der Waals surface area contributed by atoms with Crippen molar-refractivity contribution in [1.82, 2.24) is 4.90 Å². The molecule has 2 aromatic rings. The van der Waals surface area contributed by atoms with Gasteiger partial charge in [-0.25, -0.2) is 0 Å². The van der Waals surface area contributed by atoms with Gasteiger partial charge in [0.15, 0.2) is 5.78 Å². The summed E-state index contributed by atoms with van der Waals surface area (Å²) in [6, 6.07) is 15.5. The van der Waals surface area contributed by atoms with E-state index in [0.717, 1.165) is 36.3 Å². The topological polar surface area (TPSA) is 20.3 Å². The van der Waals surface area contributed by atoms with Crippen molar-refractivity contribution < 1.29 is 4.79 Å². The van der Waals surface area contributed by atoms with Crippen LogP contribution in [0.4, 0.5) is 0 Å². The van der Waals surface area contributed by atoms with Crippen LogP contribution in [0.3, 0.4) is 0 Å². The lowest BCUT2D eigenvalue weighted by atomic mass is 9.95. The minimum Gasteiger partial charge on any atom is -0.297 e. The summed E-state index contributed by atoms with van der Waals surface area (Å²) in [6.45, 7) is 3.01. The van der Waals surface area contributed by atoms with Gasteiger partial charge in [-0.3, -0.25) is 9.69 Å². The maximum atomic E-state index is 13.0. The zero-order valence-electron chi connectivity index (χ0n) is 12.9. The van der Waals surface area contributed by atoms with Crippen molar-refractivity contribution in [3.05, 3.63) is 70.8 Å². The number of ketones is 1. The van der Waals surface area contributed by atoms with Gasteiger partial charge < -0.3 is 0 Å². The highest BCUT2D eigenvalue weighted by molar-refractivity contribution is 7.99. The number of carbonyl (C=O) groups is 1. The van der Waals surface area contributed by atoms with Crippen molar-refractivity contribution in [2.24, 2.45) is 0 Å². The maximum absolute atomic E-state index is 13.0. The third-order valence-corrected chi connectivity index (χ3v) is 5.29. The monoisotopic (exact) mass is 341 g/mol. The highest BCUT2D eigenvalue weighted by Crippen LogP contribution is 2.20. The molecule has 118 valence electrons. The third-order valence-electron chi connectivity index (χ3n) is 4.09. The number of rotatable bonds is 5. The molecular formula is C19H19NOS2. The van der Waals surface area contributed by atoms with Crippen LogP contribution in [-0.4, -0.2) is 40.6 Å². The van der Waals surface area contributed by atoms with Gasteiger partial charge in [0, 0.05) is 47.6 Å². The lowest BCUT2D eigenvalue weighted by molar-refractivity contribution is 0.103. The van der Waals surface area contributed by atoms with Gasteiger partial charge in [0.25, 0.3) is 0 Å². The fourth-order valence-electron chi connectivity index (χ4n) is 2.83. The Balaban J connectivity index is 1.90. The van der Waals surface area contributed by atoms with E-state index in [1.807, 2.05) is 54.2 Å². The van der Waals surface area contributed by atoms with Crippen LogP contribution < -0.4 is 0 Å². The van der Waals surface area contributed by atoms with E-state index >= 15 is 0 Å². The minimum absolute atomic E-state index is 0.0590. The number of hydrogen-bond donors (Lipinski definition) is 0. The molecule has 1 aliphatic rings. The molecule has 0 amide bonds. The smallest absolute Gasteiger partial charge is 0.193 e. The molecule has 0 atom stereocenters. The van der Waals surface area contributed by atoms with Crippen LogP contribution in [0.25, 0.3) is 0 Å². The zero-order valence-corrected chi connectivity index (χ0v) is 14.5. The summed E-state index contributed by atoms with van der Waals surface area (Å²) in [6.07, 6.45) is 0. The predicted octanol–water partition coefficient (Wildman–Crippen LogP) is 3.81. The summed E-state index contributed by atoms with van der Waals surface area (Å²) >= 11 is 7.05. The molecule has 0 saturated carbocycles. The van der Waals surface area contributed by atoms with Crippen LogP contribution in [0, 0.1) is 0 Å². The molecule has 0 N–H and O–H groups in total. The van der Waals surface area contributed by atoms with Crippen molar-refractivity contribution in [2.75, 3.05) is 24.6 Å². The molecule has 0 radical (unpaired) electrons. The van der Waals surface area contributed by atoms with Gasteiger partial charge in [-0.1, -0.05) is 60.7 Å². The Labute approximate surface area is 146 Å². The van der Waals surface area contributed by atoms with Crippen molar-refractivity contribution in [3.8, 4) is 0 Å². The molecule has 0 unspecified atom stereocenters. The number of hydrogen-bond acceptors (Lipinski definition) is 4. The largest absolute Gasteiger partial charge is 0.297 e. The standard InChI is InChI=1S/C19H19NOS2/c21-19(18-8-4-2-6-16(18)14-22)17-7-3-1-5-15(17)13-20-9-11-23-12-10-20/h1-8,14H,9-13H2. The highest BCUT2D eigenvalue weighted by atomic mass is 32.2. The zero-order chi connectivity index (χ0) is 16.1. The summed E-state index contributed by atoms with van der Waals surface area (Å²) in [7, 11) is 0. The average Bonchev–Trinajstić information content (AvgIpc) is 2.62. The van der Waals surface area contributed by atoms with Gasteiger partial charge in [-0.05, 0) is 11.1 Å². The molecule has 2 nitrogen and oxygen atoms in total. The average molecular weight is 342 g/mol. The Morgan fingerprint density at radius 3 is 2.43 bits per heavy atom. The molecule has 0 spiro atoms. The van der Waals surface area contributed by atoms with Crippen molar-refractivity contribution in [3.63, 3.8) is 0 Å². The normalized spacial score (nSPS) is 15.3. The van der Waals surface area contributed by atoms with E-state index in [0.29, 0.717) is 5.56 Å². The summed E-state index contributed by atoms with van der Waals surface area (Å²) in [5, 5.41) is 1.58. The summed E-state index contributed by atoms with van der Waals surface area (Å²) < 4.78 is 0. The Kier molecular flexibility index (Phi) is 5.60. The molecule has 0 aromatic heterocycles. The first-order chi connectivity index (χ1) is 11.3. The van der Waals surface area contributed by atoms with E-state index < -0.39 is 0 Å². The van der Waals surface area contributed by atoms with Gasteiger partial charge >= 0.3 is 0 Å². The first kappa shape index (κ1) is 16.4. The van der Waals surface area contributed by atoms with Crippen LogP contribution >= 0.6 is 24.0 Å². The Morgan fingerprint density at radius 2 is 1.70 bits per heavy atom. The lowest BCUT2D eigenvalue weighted by Crippen LogP contribution is -2.32. The molecule has 1 fully saturated rings. The van der Waals surface area contributed by atoms with Gasteiger partial charge in [-0.15, -0.1) is 0 Å². The van der Waals surface area contributed by atoms with Crippen LogP contribution in [0.1, 0.15) is 27.0 Å². The number of nitrogens with zero attached hydrogens (tertiary/aromatic N) is 1. The van der Waals surface area contributed by atoms with E-state index in [4.69, 9.17) is 12.2 Å². The number of thioether (sulfide) groups is 1. The van der Waals surface area contributed by atoms with Crippen LogP contribution in [0.5, 0.6) is 0 Å². The molecule has 3 rings (SSSR count). The first-order valence-corrected chi connectivity index (χ1v) is 9.39. The van der Waals surface area contributed by atoms with E-state index in [2.05, 4.69) is 11.0 Å². The second kappa shape index (κ2) is 7.86. The Hall–Kier alpha value is -1.49. The molecule has 23 heavy (non-hydrogen) atoms. The van der Waals surface area contributed by atoms with Crippen LogP contribution in [-0.2, 0) is 6.54 Å². The van der Waals surface area contributed by atoms with E-state index in [1.165, 1.54) is 11.5 Å². The molecule has 0 aliphatic carbocycles. The molecule has 1 saturated heterocycles. The van der Waals surface area contributed by atoms with Gasteiger partial charge in [0.05, 0.1) is 0 Å². The van der Waals surface area contributed by atoms with Gasteiger partial charge in [-0.2, -0.15) is 11.8 Å². The van der Waals surface area contributed by atoms with E-state index in [-0.39, 0.29) is 5.78 Å². The quantitative estimate of drug-likeness (QED) is 0.608. The second-order valence-electron chi connectivity index (χ2n) is 5.58. The summed E-state index contributed by atoms with van der Waals surface area (Å²) in [5.74, 6) is 2.40. The van der Waals surface area contributed by atoms with Crippen LogP contribution in [0.2, 0.25) is 0 Å². The van der Waals surface area contributed by atoms with Gasteiger partial charge in [0.1, 0.15) is 0 Å². The SMILES string of the molecule is O=C(c1ccccc1C=S)c1ccccc1CN1CCSCC1. The molecule has 1 heterocycles. The lowest BCUT2D eigenvalue weighted by Gasteiger charge is -2.26. The maximum Gasteiger partial charge on any atom is 0.193 e. The fourth-order valence-corrected chi connectivity index (χ4v) is 4.02. The second-order valence-corrected chi connectivity index (χ2v) is 7.04. The third kappa shape index (κ3) is 3.89. The van der Waals surface area contributed by atoms with Crippen LogP contribution in [0.15, 0.2) is 48.5 Å². The minimum atomic E-state index is 0.0590. The Bertz CT molecular complexity index is 708. The van der Waals surface area contributed by atoms with E-state index in [9.17, 15) is 4.79 Å². The molecule has 2 aromatic carbocycles. The first-order valence-electron chi connectivity index (χ1n) is 7.76. The van der Waals surface area contributed by atoms with Crippen molar-refractivity contribution in [2.45, 2.75) is 6.54 Å². The fraction of sp³-hybridized carbons (Fsp3) is 0.263. The van der Waals surface area contributed by atoms with Crippen molar-refractivity contribution >= 4 is 35.1 Å². The summed E-state index contributed by atoms with van der Waals surface area (Å²) in [5.41, 5.74) is 3.39. The molecule has 1 aliphatic heterocycles. The van der Waals surface area contributed by atoms with Gasteiger partial charge in [0.2, 0.25) is 0 Å². The highest BCUT2D eigenvalue weighted by Gasteiger charge is 2.18. The Morgan fingerprint density at radius 1 is 1.04 bits per heavy atom. The molecule has 4 heteroatoms. The number of benzene rings is 2. The molecule has 0 bridgehead atoms. The number of carbonyl (C=O) groups excluding carboxylic acids is 1. The van der Waals surface area contributed by atoms with E-state index in [1.54, 1.807) is 5.37 Å².